The number of nitrogens with one attached hydrogen (secondary N) is 1. The molecule has 2 aliphatic heterocycles. The van der Waals surface area contributed by atoms with Crippen LogP contribution in [0.5, 0.6) is 0 Å². The van der Waals surface area contributed by atoms with E-state index in [9.17, 15) is 9.59 Å². The summed E-state index contributed by atoms with van der Waals surface area (Å²) in [5.74, 6) is 0.107. The molecule has 2 amide bonds. The van der Waals surface area contributed by atoms with Gasteiger partial charge in [0.25, 0.3) is 5.91 Å². The van der Waals surface area contributed by atoms with Gasteiger partial charge >= 0.3 is 0 Å². The number of nitrogens with zero attached hydrogens (tertiary/aromatic N) is 2. The second kappa shape index (κ2) is 6.81. The van der Waals surface area contributed by atoms with Gasteiger partial charge in [-0.05, 0) is 43.2 Å². The third kappa shape index (κ3) is 2.91. The zero-order valence-electron chi connectivity index (χ0n) is 14.8. The molecule has 6 nitrogen and oxygen atoms in total. The van der Waals surface area contributed by atoms with E-state index in [1.807, 2.05) is 19.1 Å². The highest BCUT2D eigenvalue weighted by molar-refractivity contribution is 7.97. The van der Waals surface area contributed by atoms with Crippen molar-refractivity contribution in [3.05, 3.63) is 47.9 Å². The summed E-state index contributed by atoms with van der Waals surface area (Å²) in [6, 6.07) is 9.34. The fourth-order valence-electron chi connectivity index (χ4n) is 3.69. The van der Waals surface area contributed by atoms with Gasteiger partial charge in [0.2, 0.25) is 5.91 Å². The Morgan fingerprint density at radius 3 is 2.77 bits per heavy atom. The van der Waals surface area contributed by atoms with E-state index in [0.717, 1.165) is 29.9 Å². The number of fused-ring (bicyclic) bond motifs is 1. The Bertz CT molecular complexity index is 831. The lowest BCUT2D eigenvalue weighted by molar-refractivity contribution is -0.117. The van der Waals surface area contributed by atoms with E-state index in [-0.39, 0.29) is 17.9 Å². The topological polar surface area (TPSA) is 65.8 Å². The zero-order valence-corrected chi connectivity index (χ0v) is 15.6. The lowest BCUT2D eigenvalue weighted by atomic mass is 10.0. The van der Waals surface area contributed by atoms with Crippen LogP contribution in [-0.4, -0.2) is 30.9 Å². The molecule has 1 fully saturated rings. The molecule has 0 spiro atoms. The average molecular weight is 371 g/mol. The zero-order chi connectivity index (χ0) is 18.3. The highest BCUT2D eigenvalue weighted by Gasteiger charge is 2.35. The molecule has 136 valence electrons. The van der Waals surface area contributed by atoms with E-state index in [1.165, 1.54) is 6.26 Å². The van der Waals surface area contributed by atoms with Crippen molar-refractivity contribution in [1.82, 2.24) is 4.72 Å². The third-order valence-electron chi connectivity index (χ3n) is 4.86. The molecule has 1 aromatic carbocycles. The van der Waals surface area contributed by atoms with Gasteiger partial charge in [-0.2, -0.15) is 0 Å². The fraction of sp³-hybridized carbons (Fsp3) is 0.368. The maximum atomic E-state index is 13.0. The van der Waals surface area contributed by atoms with Gasteiger partial charge in [0, 0.05) is 25.3 Å². The van der Waals surface area contributed by atoms with Crippen LogP contribution >= 0.6 is 11.9 Å². The molecule has 1 saturated heterocycles. The number of carbonyl (C=O) groups excluding carboxylic acids is 2. The number of hydrogen-bond donors (Lipinski definition) is 1. The van der Waals surface area contributed by atoms with Crippen molar-refractivity contribution in [2.24, 2.45) is 0 Å². The van der Waals surface area contributed by atoms with Crippen LogP contribution in [0.2, 0.25) is 0 Å². The molecule has 2 aliphatic rings. The first-order valence-corrected chi connectivity index (χ1v) is 9.62. The maximum absolute atomic E-state index is 13.0. The Balaban J connectivity index is 1.79. The summed E-state index contributed by atoms with van der Waals surface area (Å²) in [6.07, 6.45) is 2.54. The van der Waals surface area contributed by atoms with Crippen molar-refractivity contribution in [3.8, 4) is 0 Å². The van der Waals surface area contributed by atoms with Crippen molar-refractivity contribution in [2.45, 2.75) is 31.6 Å². The molecule has 1 N–H and O–H groups in total. The smallest absolute Gasteiger partial charge is 0.294 e. The van der Waals surface area contributed by atoms with Crippen molar-refractivity contribution >= 4 is 35.1 Å². The number of anilines is 2. The molecular formula is C19H21N3O3S. The van der Waals surface area contributed by atoms with Crippen LogP contribution in [0.3, 0.4) is 0 Å². The first-order chi connectivity index (χ1) is 12.6. The number of benzene rings is 1. The average Bonchev–Trinajstić information content (AvgIpc) is 3.33. The van der Waals surface area contributed by atoms with Gasteiger partial charge in [-0.25, -0.2) is 0 Å². The normalized spacial score (nSPS) is 22.4. The van der Waals surface area contributed by atoms with Gasteiger partial charge < -0.3 is 14.2 Å². The van der Waals surface area contributed by atoms with Crippen LogP contribution in [0.1, 0.15) is 41.6 Å². The summed E-state index contributed by atoms with van der Waals surface area (Å²) in [7, 11) is 0. The molecule has 1 unspecified atom stereocenters. The lowest BCUT2D eigenvalue weighted by Gasteiger charge is -2.40. The van der Waals surface area contributed by atoms with Crippen LogP contribution in [0.25, 0.3) is 0 Å². The predicted molar refractivity (Wildman–Crippen MR) is 102 cm³/mol. The Morgan fingerprint density at radius 1 is 1.27 bits per heavy atom. The molecule has 4 rings (SSSR count). The molecule has 0 bridgehead atoms. The second-order valence-corrected chi connectivity index (χ2v) is 7.76. The summed E-state index contributed by atoms with van der Waals surface area (Å²) in [5.41, 5.74) is 2.70. The Kier molecular flexibility index (Phi) is 4.50. The van der Waals surface area contributed by atoms with Crippen molar-refractivity contribution < 1.29 is 14.0 Å². The molecule has 0 radical (unpaired) electrons. The SMILES string of the molecule is CC(=O)N1c2ccc(C3CCNS3)cc2N(C(=O)c2ccco2)C[C@@H]1C. The standard InChI is InChI=1S/C19H21N3O3S/c1-12-11-21(19(24)17-4-3-9-25-17)16-10-14(18-7-8-20-26-18)5-6-15(16)22(12)13(2)23/h3-6,9-10,12,18,20H,7-8,11H2,1-2H3/t12-,18?/m0/s1. The van der Waals surface area contributed by atoms with E-state index < -0.39 is 0 Å². The monoisotopic (exact) mass is 371 g/mol. The van der Waals surface area contributed by atoms with Crippen LogP contribution in [0.15, 0.2) is 41.0 Å². The van der Waals surface area contributed by atoms with Crippen molar-refractivity contribution in [3.63, 3.8) is 0 Å². The third-order valence-corrected chi connectivity index (χ3v) is 6.02. The maximum Gasteiger partial charge on any atom is 0.294 e. The van der Waals surface area contributed by atoms with E-state index in [0.29, 0.717) is 17.6 Å². The molecule has 7 heteroatoms. The first-order valence-electron chi connectivity index (χ1n) is 8.74. The van der Waals surface area contributed by atoms with Crippen molar-refractivity contribution in [2.75, 3.05) is 22.9 Å². The van der Waals surface area contributed by atoms with E-state index in [1.54, 1.807) is 40.8 Å². The second-order valence-electron chi connectivity index (χ2n) is 6.67. The van der Waals surface area contributed by atoms with Crippen LogP contribution in [0.4, 0.5) is 11.4 Å². The number of hydrogen-bond acceptors (Lipinski definition) is 5. The number of amides is 2. The molecule has 2 aromatic rings. The van der Waals surface area contributed by atoms with Gasteiger partial charge in [0.05, 0.1) is 23.7 Å². The van der Waals surface area contributed by atoms with Gasteiger partial charge in [0.1, 0.15) is 0 Å². The highest BCUT2D eigenvalue weighted by Crippen LogP contribution is 2.42. The summed E-state index contributed by atoms with van der Waals surface area (Å²) in [5, 5.41) is 0.353. The summed E-state index contributed by atoms with van der Waals surface area (Å²) >= 11 is 1.71. The lowest BCUT2D eigenvalue weighted by Crippen LogP contribution is -2.51. The molecule has 3 heterocycles. The number of furan rings is 1. The van der Waals surface area contributed by atoms with Crippen LogP contribution in [0, 0.1) is 0 Å². The fourth-order valence-corrected chi connectivity index (χ4v) is 4.65. The Labute approximate surface area is 156 Å². The quantitative estimate of drug-likeness (QED) is 0.820. The number of carbonyl (C=O) groups is 2. The van der Waals surface area contributed by atoms with Gasteiger partial charge in [-0.15, -0.1) is 0 Å². The Morgan fingerprint density at radius 2 is 2.12 bits per heavy atom. The minimum absolute atomic E-state index is 0.0199. The highest BCUT2D eigenvalue weighted by atomic mass is 32.2. The summed E-state index contributed by atoms with van der Waals surface area (Å²) in [4.78, 5) is 28.7. The molecule has 0 saturated carbocycles. The van der Waals surface area contributed by atoms with Gasteiger partial charge in [-0.3, -0.25) is 14.3 Å². The largest absolute Gasteiger partial charge is 0.459 e. The molecule has 2 atom stereocenters. The number of rotatable bonds is 2. The summed E-state index contributed by atoms with van der Waals surface area (Å²) in [6.45, 7) is 4.93. The minimum atomic E-state index is -0.180. The first kappa shape index (κ1) is 17.2. The van der Waals surface area contributed by atoms with E-state index in [4.69, 9.17) is 4.42 Å². The van der Waals surface area contributed by atoms with Crippen LogP contribution < -0.4 is 14.5 Å². The molecule has 26 heavy (non-hydrogen) atoms. The van der Waals surface area contributed by atoms with E-state index >= 15 is 0 Å². The van der Waals surface area contributed by atoms with Gasteiger partial charge in [0.15, 0.2) is 5.76 Å². The van der Waals surface area contributed by atoms with E-state index in [2.05, 4.69) is 10.8 Å². The molecule has 0 aliphatic carbocycles. The summed E-state index contributed by atoms with van der Waals surface area (Å²) < 4.78 is 8.62. The molecular weight excluding hydrogens is 350 g/mol. The van der Waals surface area contributed by atoms with Gasteiger partial charge in [-0.1, -0.05) is 18.0 Å². The Hall–Kier alpha value is -2.25. The minimum Gasteiger partial charge on any atom is -0.459 e. The van der Waals surface area contributed by atoms with Crippen LogP contribution in [-0.2, 0) is 4.79 Å². The molecule has 1 aromatic heterocycles. The predicted octanol–water partition coefficient (Wildman–Crippen LogP) is 3.36. The van der Waals surface area contributed by atoms with Crippen molar-refractivity contribution in [1.29, 1.82) is 0 Å².